The SMILES string of the molecule is Cc1ccc(Cl)cc1C(=O)NC[C@H]1CCCN1C(=O)c1ccccn1. The van der Waals surface area contributed by atoms with Crippen molar-refractivity contribution in [2.45, 2.75) is 25.8 Å². The van der Waals surface area contributed by atoms with Gasteiger partial charge in [-0.05, 0) is 49.6 Å². The number of pyridine rings is 1. The lowest BCUT2D eigenvalue weighted by Gasteiger charge is -2.24. The Hall–Kier alpha value is -2.40. The molecule has 130 valence electrons. The van der Waals surface area contributed by atoms with Gasteiger partial charge in [-0.3, -0.25) is 14.6 Å². The summed E-state index contributed by atoms with van der Waals surface area (Å²) < 4.78 is 0. The van der Waals surface area contributed by atoms with Crippen LogP contribution in [0.2, 0.25) is 5.02 Å². The Balaban J connectivity index is 1.65. The fourth-order valence-corrected chi connectivity index (χ4v) is 3.27. The summed E-state index contributed by atoms with van der Waals surface area (Å²) in [5.41, 5.74) is 1.87. The maximum Gasteiger partial charge on any atom is 0.272 e. The second-order valence-corrected chi connectivity index (χ2v) is 6.62. The highest BCUT2D eigenvalue weighted by Gasteiger charge is 2.30. The van der Waals surface area contributed by atoms with Gasteiger partial charge >= 0.3 is 0 Å². The second-order valence-electron chi connectivity index (χ2n) is 6.18. The molecule has 0 spiro atoms. The number of halogens is 1. The smallest absolute Gasteiger partial charge is 0.272 e. The number of hydrogen-bond acceptors (Lipinski definition) is 3. The first-order chi connectivity index (χ1) is 12.1. The van der Waals surface area contributed by atoms with Gasteiger partial charge in [-0.2, -0.15) is 0 Å². The molecule has 1 fully saturated rings. The topological polar surface area (TPSA) is 62.3 Å². The van der Waals surface area contributed by atoms with Gasteiger partial charge in [-0.15, -0.1) is 0 Å². The summed E-state index contributed by atoms with van der Waals surface area (Å²) in [5.74, 6) is -0.256. The van der Waals surface area contributed by atoms with Crippen LogP contribution in [-0.2, 0) is 0 Å². The van der Waals surface area contributed by atoms with Gasteiger partial charge in [-0.25, -0.2) is 0 Å². The maximum atomic E-state index is 12.6. The van der Waals surface area contributed by atoms with E-state index >= 15 is 0 Å². The molecular formula is C19H20ClN3O2. The van der Waals surface area contributed by atoms with Crippen LogP contribution < -0.4 is 5.32 Å². The number of likely N-dealkylation sites (tertiary alicyclic amines) is 1. The normalized spacial score (nSPS) is 16.7. The summed E-state index contributed by atoms with van der Waals surface area (Å²) in [7, 11) is 0. The van der Waals surface area contributed by atoms with E-state index in [1.165, 1.54) is 0 Å². The molecule has 3 rings (SSSR count). The van der Waals surface area contributed by atoms with Gasteiger partial charge in [0.1, 0.15) is 5.69 Å². The Morgan fingerprint density at radius 1 is 1.32 bits per heavy atom. The molecule has 1 aliphatic heterocycles. The van der Waals surface area contributed by atoms with Gasteiger partial charge in [-0.1, -0.05) is 23.7 Å². The first-order valence-corrected chi connectivity index (χ1v) is 8.70. The predicted molar refractivity (Wildman–Crippen MR) is 96.8 cm³/mol. The van der Waals surface area contributed by atoms with E-state index in [1.807, 2.05) is 13.0 Å². The highest BCUT2D eigenvalue weighted by atomic mass is 35.5. The van der Waals surface area contributed by atoms with E-state index in [0.29, 0.717) is 29.4 Å². The number of carbonyl (C=O) groups excluding carboxylic acids is 2. The van der Waals surface area contributed by atoms with Crippen molar-refractivity contribution in [2.24, 2.45) is 0 Å². The van der Waals surface area contributed by atoms with Crippen LogP contribution in [0, 0.1) is 6.92 Å². The zero-order valence-corrected chi connectivity index (χ0v) is 14.8. The van der Waals surface area contributed by atoms with Crippen molar-refractivity contribution in [3.8, 4) is 0 Å². The molecule has 1 atom stereocenters. The first kappa shape index (κ1) is 17.4. The van der Waals surface area contributed by atoms with Crippen LogP contribution in [0.15, 0.2) is 42.6 Å². The van der Waals surface area contributed by atoms with Crippen molar-refractivity contribution in [2.75, 3.05) is 13.1 Å². The minimum absolute atomic E-state index is 0.0158. The Morgan fingerprint density at radius 3 is 2.92 bits per heavy atom. The number of amides is 2. The van der Waals surface area contributed by atoms with Crippen molar-refractivity contribution >= 4 is 23.4 Å². The zero-order chi connectivity index (χ0) is 17.8. The van der Waals surface area contributed by atoms with E-state index < -0.39 is 0 Å². The Bertz CT molecular complexity index is 779. The average molecular weight is 358 g/mol. The van der Waals surface area contributed by atoms with Gasteiger partial charge in [0.2, 0.25) is 0 Å². The lowest BCUT2D eigenvalue weighted by atomic mass is 10.1. The third-order valence-corrected chi connectivity index (χ3v) is 4.70. The first-order valence-electron chi connectivity index (χ1n) is 8.32. The maximum absolute atomic E-state index is 12.6. The van der Waals surface area contributed by atoms with Crippen molar-refractivity contribution in [1.82, 2.24) is 15.2 Å². The number of nitrogens with one attached hydrogen (secondary N) is 1. The van der Waals surface area contributed by atoms with Gasteiger partial charge < -0.3 is 10.2 Å². The minimum Gasteiger partial charge on any atom is -0.350 e. The van der Waals surface area contributed by atoms with Crippen LogP contribution in [-0.4, -0.2) is 40.8 Å². The molecule has 1 aromatic heterocycles. The molecule has 5 nitrogen and oxygen atoms in total. The monoisotopic (exact) mass is 357 g/mol. The van der Waals surface area contributed by atoms with E-state index in [0.717, 1.165) is 18.4 Å². The third-order valence-electron chi connectivity index (χ3n) is 4.46. The predicted octanol–water partition coefficient (Wildman–Crippen LogP) is 3.08. The van der Waals surface area contributed by atoms with Gasteiger partial charge in [0.05, 0.1) is 0 Å². The van der Waals surface area contributed by atoms with Crippen molar-refractivity contribution < 1.29 is 9.59 Å². The Kier molecular flexibility index (Phi) is 5.34. The lowest BCUT2D eigenvalue weighted by Crippen LogP contribution is -2.43. The van der Waals surface area contributed by atoms with E-state index in [1.54, 1.807) is 41.4 Å². The molecule has 0 unspecified atom stereocenters. The van der Waals surface area contributed by atoms with Crippen LogP contribution in [0.4, 0.5) is 0 Å². The molecule has 25 heavy (non-hydrogen) atoms. The van der Waals surface area contributed by atoms with Gasteiger partial charge in [0, 0.05) is 35.9 Å². The number of nitrogens with zero attached hydrogens (tertiary/aromatic N) is 2. The summed E-state index contributed by atoms with van der Waals surface area (Å²) in [6.07, 6.45) is 3.41. The van der Waals surface area contributed by atoms with Crippen LogP contribution in [0.1, 0.15) is 39.3 Å². The van der Waals surface area contributed by atoms with Crippen molar-refractivity contribution in [1.29, 1.82) is 0 Å². The molecule has 2 aromatic rings. The summed E-state index contributed by atoms with van der Waals surface area (Å²) in [6.45, 7) is 2.98. The summed E-state index contributed by atoms with van der Waals surface area (Å²) in [5, 5.41) is 3.46. The summed E-state index contributed by atoms with van der Waals surface area (Å²) >= 11 is 5.98. The van der Waals surface area contributed by atoms with E-state index in [-0.39, 0.29) is 17.9 Å². The molecule has 1 aliphatic rings. The molecule has 6 heteroatoms. The molecule has 2 amide bonds. The fraction of sp³-hybridized carbons (Fsp3) is 0.316. The molecule has 1 N–H and O–H groups in total. The number of carbonyl (C=O) groups is 2. The summed E-state index contributed by atoms with van der Waals surface area (Å²) in [4.78, 5) is 31.0. The van der Waals surface area contributed by atoms with Gasteiger partial charge in [0.15, 0.2) is 0 Å². The molecule has 0 saturated carbocycles. The zero-order valence-electron chi connectivity index (χ0n) is 14.0. The largest absolute Gasteiger partial charge is 0.350 e. The standard InChI is InChI=1S/C19H20ClN3O2/c1-13-7-8-14(20)11-16(13)18(24)22-12-15-5-4-10-23(15)19(25)17-6-2-3-9-21-17/h2-3,6-9,11,15H,4-5,10,12H2,1H3,(H,22,24)/t15-/m1/s1. The van der Waals surface area contributed by atoms with Crippen molar-refractivity contribution in [3.63, 3.8) is 0 Å². The molecule has 0 radical (unpaired) electrons. The molecule has 0 aliphatic carbocycles. The van der Waals surface area contributed by atoms with Crippen molar-refractivity contribution in [3.05, 3.63) is 64.4 Å². The number of hydrogen-bond donors (Lipinski definition) is 1. The minimum atomic E-state index is -0.169. The highest BCUT2D eigenvalue weighted by molar-refractivity contribution is 6.31. The van der Waals surface area contributed by atoms with Crippen LogP contribution in [0.25, 0.3) is 0 Å². The molecular weight excluding hydrogens is 338 g/mol. The number of benzene rings is 1. The second kappa shape index (κ2) is 7.66. The Morgan fingerprint density at radius 2 is 2.16 bits per heavy atom. The van der Waals surface area contributed by atoms with E-state index in [4.69, 9.17) is 11.6 Å². The molecule has 1 saturated heterocycles. The van der Waals surface area contributed by atoms with Crippen LogP contribution >= 0.6 is 11.6 Å². The number of aromatic nitrogens is 1. The van der Waals surface area contributed by atoms with Crippen LogP contribution in [0.5, 0.6) is 0 Å². The lowest BCUT2D eigenvalue weighted by molar-refractivity contribution is 0.0719. The van der Waals surface area contributed by atoms with Gasteiger partial charge in [0.25, 0.3) is 11.8 Å². The quantitative estimate of drug-likeness (QED) is 0.914. The highest BCUT2D eigenvalue weighted by Crippen LogP contribution is 2.20. The third kappa shape index (κ3) is 3.99. The van der Waals surface area contributed by atoms with Crippen LogP contribution in [0.3, 0.4) is 0 Å². The Labute approximate surface area is 152 Å². The fourth-order valence-electron chi connectivity index (χ4n) is 3.10. The van der Waals surface area contributed by atoms with E-state index in [2.05, 4.69) is 10.3 Å². The number of aryl methyl sites for hydroxylation is 1. The number of rotatable bonds is 4. The molecule has 2 heterocycles. The van der Waals surface area contributed by atoms with E-state index in [9.17, 15) is 9.59 Å². The molecule has 0 bridgehead atoms. The summed E-state index contributed by atoms with van der Waals surface area (Å²) in [6, 6.07) is 10.5. The molecule has 1 aromatic carbocycles. The average Bonchev–Trinajstić information content (AvgIpc) is 3.10.